The topological polar surface area (TPSA) is 9.23 Å². The van der Waals surface area contributed by atoms with E-state index in [4.69, 9.17) is 6.42 Å². The van der Waals surface area contributed by atoms with E-state index >= 15 is 0 Å². The summed E-state index contributed by atoms with van der Waals surface area (Å²) in [6.07, 6.45) is 9.86. The molecule has 63 valence electrons. The van der Waals surface area contributed by atoms with Gasteiger partial charge in [0.1, 0.15) is 0 Å². The van der Waals surface area contributed by atoms with E-state index in [0.29, 0.717) is 5.92 Å². The zero-order valence-electron chi connectivity index (χ0n) is 7.31. The van der Waals surface area contributed by atoms with Gasteiger partial charge < -0.3 is 4.74 Å². The Hall–Kier alpha value is -0.480. The molecule has 0 rings (SSSR count). The minimum atomic E-state index is 0.427. The van der Waals surface area contributed by atoms with Gasteiger partial charge in [0.15, 0.2) is 0 Å². The molecular weight excluding hydrogens is 136 g/mol. The zero-order chi connectivity index (χ0) is 8.53. The van der Waals surface area contributed by atoms with Gasteiger partial charge in [-0.2, -0.15) is 0 Å². The van der Waals surface area contributed by atoms with Crippen LogP contribution in [0.15, 0.2) is 0 Å². The Labute approximate surface area is 70.1 Å². The normalized spacial score (nSPS) is 12.5. The Morgan fingerprint density at radius 2 is 2.18 bits per heavy atom. The van der Waals surface area contributed by atoms with Gasteiger partial charge in [-0.25, -0.2) is 0 Å². The fourth-order valence-electron chi connectivity index (χ4n) is 0.915. The minimum Gasteiger partial charge on any atom is -0.379 e. The predicted octanol–water partition coefficient (Wildman–Crippen LogP) is 2.62. The molecule has 0 aliphatic rings. The summed E-state index contributed by atoms with van der Waals surface area (Å²) in [5.74, 6) is 3.14. The SMILES string of the molecule is C#CC(C)CCCCCO[CH2]. The van der Waals surface area contributed by atoms with Gasteiger partial charge in [-0.15, -0.1) is 12.3 Å². The number of rotatable bonds is 6. The first-order valence-corrected chi connectivity index (χ1v) is 4.14. The summed E-state index contributed by atoms with van der Waals surface area (Å²) in [5.41, 5.74) is 0. The molecule has 0 saturated heterocycles. The molecule has 0 N–H and O–H groups in total. The van der Waals surface area contributed by atoms with E-state index in [9.17, 15) is 0 Å². The quantitative estimate of drug-likeness (QED) is 0.421. The molecule has 0 fully saturated rings. The van der Waals surface area contributed by atoms with Crippen molar-refractivity contribution in [2.24, 2.45) is 5.92 Å². The summed E-state index contributed by atoms with van der Waals surface area (Å²) in [7, 11) is 3.30. The third-order valence-electron chi connectivity index (χ3n) is 1.71. The summed E-state index contributed by atoms with van der Waals surface area (Å²) in [6.45, 7) is 2.85. The monoisotopic (exact) mass is 153 g/mol. The lowest BCUT2D eigenvalue weighted by molar-refractivity contribution is 0.233. The Kier molecular flexibility index (Phi) is 7.29. The van der Waals surface area contributed by atoms with Crippen molar-refractivity contribution in [3.63, 3.8) is 0 Å². The Bertz CT molecular complexity index is 113. The zero-order valence-corrected chi connectivity index (χ0v) is 7.31. The smallest absolute Gasteiger partial charge is 0.0700 e. The van der Waals surface area contributed by atoms with Crippen LogP contribution in [-0.4, -0.2) is 6.61 Å². The second kappa shape index (κ2) is 7.63. The molecule has 0 amide bonds. The molecule has 0 aromatic rings. The third-order valence-corrected chi connectivity index (χ3v) is 1.71. The summed E-state index contributed by atoms with van der Waals surface area (Å²) in [6, 6.07) is 0. The van der Waals surface area contributed by atoms with Crippen LogP contribution in [0.25, 0.3) is 0 Å². The van der Waals surface area contributed by atoms with Crippen LogP contribution in [-0.2, 0) is 4.74 Å². The van der Waals surface area contributed by atoms with Crippen molar-refractivity contribution in [2.75, 3.05) is 6.61 Å². The molecule has 0 bridgehead atoms. The van der Waals surface area contributed by atoms with Gasteiger partial charge in [-0.05, 0) is 12.8 Å². The van der Waals surface area contributed by atoms with Crippen LogP contribution in [0, 0.1) is 25.4 Å². The van der Waals surface area contributed by atoms with Crippen LogP contribution >= 0.6 is 0 Å². The van der Waals surface area contributed by atoms with Crippen LogP contribution in [0.1, 0.15) is 32.6 Å². The first-order valence-electron chi connectivity index (χ1n) is 4.14. The number of hydrogen-bond donors (Lipinski definition) is 0. The molecule has 0 aromatic heterocycles. The highest BCUT2D eigenvalue weighted by molar-refractivity contribution is 4.89. The van der Waals surface area contributed by atoms with Gasteiger partial charge in [-0.3, -0.25) is 0 Å². The van der Waals surface area contributed by atoms with E-state index in [2.05, 4.69) is 24.7 Å². The maximum Gasteiger partial charge on any atom is 0.0700 e. The maximum atomic E-state index is 5.23. The van der Waals surface area contributed by atoms with E-state index < -0.39 is 0 Å². The van der Waals surface area contributed by atoms with Gasteiger partial charge in [0.25, 0.3) is 0 Å². The molecule has 1 nitrogen and oxygen atoms in total. The molecule has 0 aliphatic heterocycles. The first-order chi connectivity index (χ1) is 5.31. The van der Waals surface area contributed by atoms with Crippen molar-refractivity contribution >= 4 is 0 Å². The van der Waals surface area contributed by atoms with E-state index in [1.54, 1.807) is 0 Å². The van der Waals surface area contributed by atoms with Crippen molar-refractivity contribution in [3.05, 3.63) is 7.11 Å². The highest BCUT2D eigenvalue weighted by atomic mass is 16.5. The molecule has 11 heavy (non-hydrogen) atoms. The minimum absolute atomic E-state index is 0.427. The number of ether oxygens (including phenoxy) is 1. The highest BCUT2D eigenvalue weighted by Crippen LogP contribution is 2.07. The summed E-state index contributed by atoms with van der Waals surface area (Å²) in [4.78, 5) is 0. The van der Waals surface area contributed by atoms with Gasteiger partial charge in [0.2, 0.25) is 0 Å². The molecule has 1 atom stereocenters. The second-order valence-corrected chi connectivity index (χ2v) is 2.83. The Balaban J connectivity index is 2.97. The molecule has 1 heteroatoms. The molecule has 0 saturated carbocycles. The van der Waals surface area contributed by atoms with Crippen molar-refractivity contribution in [2.45, 2.75) is 32.6 Å². The van der Waals surface area contributed by atoms with E-state index in [0.717, 1.165) is 19.4 Å². The molecule has 1 radical (unpaired) electrons. The average molecular weight is 153 g/mol. The second-order valence-electron chi connectivity index (χ2n) is 2.83. The molecule has 1 unspecified atom stereocenters. The van der Waals surface area contributed by atoms with E-state index in [1.807, 2.05) is 0 Å². The Morgan fingerprint density at radius 1 is 1.45 bits per heavy atom. The lowest BCUT2D eigenvalue weighted by Crippen LogP contribution is -1.91. The molecule has 0 heterocycles. The van der Waals surface area contributed by atoms with Gasteiger partial charge >= 0.3 is 0 Å². The third kappa shape index (κ3) is 7.42. The first kappa shape index (κ1) is 10.5. The van der Waals surface area contributed by atoms with Crippen molar-refractivity contribution in [1.82, 2.24) is 0 Å². The Morgan fingerprint density at radius 3 is 2.73 bits per heavy atom. The maximum absolute atomic E-state index is 5.23. The van der Waals surface area contributed by atoms with Crippen molar-refractivity contribution in [3.8, 4) is 12.3 Å². The average Bonchev–Trinajstić information content (AvgIpc) is 2.04. The van der Waals surface area contributed by atoms with Gasteiger partial charge in [0.05, 0.1) is 7.11 Å². The van der Waals surface area contributed by atoms with Gasteiger partial charge in [0, 0.05) is 12.5 Å². The molecule has 0 spiro atoms. The number of unbranched alkanes of at least 4 members (excludes halogenated alkanes) is 2. The van der Waals surface area contributed by atoms with E-state index in [-0.39, 0.29) is 0 Å². The van der Waals surface area contributed by atoms with Crippen LogP contribution in [0.5, 0.6) is 0 Å². The predicted molar refractivity (Wildman–Crippen MR) is 47.8 cm³/mol. The molecular formula is C10H17O. The van der Waals surface area contributed by atoms with Crippen LogP contribution in [0.3, 0.4) is 0 Å². The largest absolute Gasteiger partial charge is 0.379 e. The number of hydrogen-bond acceptors (Lipinski definition) is 1. The number of terminal acetylenes is 1. The fourth-order valence-corrected chi connectivity index (χ4v) is 0.915. The van der Waals surface area contributed by atoms with Crippen LogP contribution < -0.4 is 0 Å². The van der Waals surface area contributed by atoms with Crippen molar-refractivity contribution in [1.29, 1.82) is 0 Å². The summed E-state index contributed by atoms with van der Waals surface area (Å²) < 4.78 is 4.68. The standard InChI is InChI=1S/C10H17O/c1-4-10(2)8-6-5-7-9-11-3/h1,10H,3,5-9H2,2H3. The lowest BCUT2D eigenvalue weighted by Gasteiger charge is -2.02. The highest BCUT2D eigenvalue weighted by Gasteiger charge is 1.95. The molecule has 0 aliphatic carbocycles. The lowest BCUT2D eigenvalue weighted by atomic mass is 10.0. The summed E-state index contributed by atoms with van der Waals surface area (Å²) >= 11 is 0. The molecule has 0 aromatic carbocycles. The fraction of sp³-hybridized carbons (Fsp3) is 0.700. The summed E-state index contributed by atoms with van der Waals surface area (Å²) in [5, 5.41) is 0. The van der Waals surface area contributed by atoms with Crippen LogP contribution in [0.4, 0.5) is 0 Å². The van der Waals surface area contributed by atoms with Crippen LogP contribution in [0.2, 0.25) is 0 Å². The van der Waals surface area contributed by atoms with Crippen molar-refractivity contribution < 1.29 is 4.74 Å². The van der Waals surface area contributed by atoms with Gasteiger partial charge in [-0.1, -0.05) is 19.8 Å². The van der Waals surface area contributed by atoms with E-state index in [1.165, 1.54) is 12.8 Å².